The van der Waals surface area contributed by atoms with E-state index in [0.29, 0.717) is 44.7 Å². The zero-order chi connectivity index (χ0) is 30.8. The molecule has 0 saturated carbocycles. The summed E-state index contributed by atoms with van der Waals surface area (Å²) in [5.41, 5.74) is 9.37. The van der Waals surface area contributed by atoms with Crippen LogP contribution in [-0.4, -0.2) is 28.7 Å². The van der Waals surface area contributed by atoms with Gasteiger partial charge in [0.15, 0.2) is 10.7 Å². The smallest absolute Gasteiger partial charge is 0.308 e. The minimum atomic E-state index is -4.41. The van der Waals surface area contributed by atoms with E-state index in [4.69, 9.17) is 20.3 Å². The van der Waals surface area contributed by atoms with E-state index in [1.54, 1.807) is 97.3 Å². The zero-order valence-corrected chi connectivity index (χ0v) is 24.4. The van der Waals surface area contributed by atoms with Gasteiger partial charge in [-0.1, -0.05) is 30.3 Å². The number of rotatable bonds is 8. The first-order chi connectivity index (χ1) is 21.2. The number of anilines is 1. The minimum absolute atomic E-state index is 0.0322. The Morgan fingerprint density at radius 2 is 1.55 bits per heavy atom. The molecule has 1 aliphatic heterocycles. The van der Waals surface area contributed by atoms with Crippen molar-refractivity contribution >= 4 is 32.6 Å². The fraction of sp³-hybridized carbons (Fsp3) is 0.0909. The molecule has 0 unspecified atom stereocenters. The molecule has 2 aliphatic rings. The molecule has 0 bridgehead atoms. The summed E-state index contributed by atoms with van der Waals surface area (Å²) in [7, 11) is -4.41. The summed E-state index contributed by atoms with van der Waals surface area (Å²) in [6.07, 6.45) is 3.18. The lowest BCUT2D eigenvalue weighted by Gasteiger charge is -2.24. The van der Waals surface area contributed by atoms with Crippen LogP contribution in [0.25, 0.3) is 33.4 Å². The van der Waals surface area contributed by atoms with Crippen LogP contribution >= 0.6 is 0 Å². The molecule has 6 rings (SSSR count). The normalized spacial score (nSPS) is 11.7. The Bertz CT molecular complexity index is 2090. The molecule has 0 fully saturated rings. The largest absolute Gasteiger partial charge is 0.454 e. The highest BCUT2D eigenvalue weighted by Gasteiger charge is 2.34. The molecule has 2 aromatic carbocycles. The van der Waals surface area contributed by atoms with Crippen LogP contribution in [0.3, 0.4) is 0 Å². The number of ether oxygens (including phenoxy) is 1. The van der Waals surface area contributed by atoms with Gasteiger partial charge in [-0.25, -0.2) is 8.42 Å². The number of nitrogens with zero attached hydrogens (tertiary/aromatic N) is 3. The van der Waals surface area contributed by atoms with Crippen LogP contribution < -0.4 is 15.8 Å². The van der Waals surface area contributed by atoms with Gasteiger partial charge in [-0.05, 0) is 54.6 Å². The monoisotopic (exact) mass is 605 g/mol. The molecule has 4 aromatic rings. The van der Waals surface area contributed by atoms with Gasteiger partial charge < -0.3 is 14.9 Å². The zero-order valence-electron chi connectivity index (χ0n) is 23.6. The quantitative estimate of drug-likeness (QED) is 0.102. The van der Waals surface area contributed by atoms with Gasteiger partial charge in [0.1, 0.15) is 11.3 Å². The van der Waals surface area contributed by atoms with Crippen molar-refractivity contribution in [3.8, 4) is 28.2 Å². The average Bonchev–Trinajstić information content (AvgIpc) is 3.00. The number of benzene rings is 3. The van der Waals surface area contributed by atoms with Gasteiger partial charge in [0.2, 0.25) is 10.0 Å². The molecule has 11 heteroatoms. The lowest BCUT2D eigenvalue weighted by molar-refractivity contribution is -0.131. The summed E-state index contributed by atoms with van der Waals surface area (Å²) in [6.45, 7) is 1.17. The SMILES string of the molecule is CC(=O)Oc1ccccc1-c1c2ccc(=N)c(S(=O)(=O)N(Cc3ccccn3)Cc3ccccn3)c-2oc2cc(N)ccc12. The lowest BCUT2D eigenvalue weighted by atomic mass is 9.93. The van der Waals surface area contributed by atoms with Crippen LogP contribution in [0.4, 0.5) is 5.69 Å². The number of nitrogens with two attached hydrogens (primary N) is 1. The van der Waals surface area contributed by atoms with Crippen molar-refractivity contribution in [1.29, 1.82) is 5.41 Å². The van der Waals surface area contributed by atoms with Crippen molar-refractivity contribution in [3.05, 3.63) is 120 Å². The first-order valence-electron chi connectivity index (χ1n) is 13.6. The Balaban J connectivity index is 1.62. The standard InChI is InChI=1S/C33H27N5O5S/c1-21(39)42-29-11-3-2-10-25(29)31-26-13-12-22(34)18-30(26)43-32-27(31)14-15-28(35)33(32)44(40,41)38(19-23-8-4-6-16-36-23)20-24-9-5-7-17-37-24/h2-18,35H,19-20,34H2,1H3. The van der Waals surface area contributed by atoms with Crippen molar-refractivity contribution in [2.24, 2.45) is 0 Å². The number of carbonyl (C=O) groups is 1. The fourth-order valence-electron chi connectivity index (χ4n) is 5.11. The number of hydrogen-bond acceptors (Lipinski definition) is 9. The van der Waals surface area contributed by atoms with Crippen LogP contribution in [-0.2, 0) is 27.9 Å². The Hall–Kier alpha value is -5.39. The predicted molar refractivity (Wildman–Crippen MR) is 165 cm³/mol. The third-order valence-electron chi connectivity index (χ3n) is 7.01. The van der Waals surface area contributed by atoms with Gasteiger partial charge in [0.05, 0.1) is 29.8 Å². The summed E-state index contributed by atoms with van der Waals surface area (Å²) < 4.78 is 42.4. The molecule has 220 valence electrons. The molecular weight excluding hydrogens is 578 g/mol. The second-order valence-corrected chi connectivity index (χ2v) is 11.9. The highest BCUT2D eigenvalue weighted by Crippen LogP contribution is 2.45. The number of pyridine rings is 2. The molecule has 44 heavy (non-hydrogen) atoms. The average molecular weight is 606 g/mol. The van der Waals surface area contributed by atoms with E-state index in [-0.39, 0.29) is 34.9 Å². The molecule has 0 spiro atoms. The third-order valence-corrected chi connectivity index (χ3v) is 8.86. The van der Waals surface area contributed by atoms with Crippen molar-refractivity contribution in [2.45, 2.75) is 24.9 Å². The van der Waals surface area contributed by atoms with E-state index in [0.717, 1.165) is 0 Å². The van der Waals surface area contributed by atoms with Gasteiger partial charge in [-0.2, -0.15) is 4.31 Å². The van der Waals surface area contributed by atoms with Gasteiger partial charge in [0.25, 0.3) is 0 Å². The number of hydrogen-bond donors (Lipinski definition) is 2. The van der Waals surface area contributed by atoms with Gasteiger partial charge in [0, 0.05) is 53.1 Å². The Morgan fingerprint density at radius 3 is 2.18 bits per heavy atom. The fourth-order valence-corrected chi connectivity index (χ4v) is 6.70. The number of nitrogen functional groups attached to an aromatic ring is 1. The van der Waals surface area contributed by atoms with Gasteiger partial charge >= 0.3 is 5.97 Å². The molecule has 3 heterocycles. The summed E-state index contributed by atoms with van der Waals surface area (Å²) in [5, 5.41) is 9.19. The van der Waals surface area contributed by atoms with E-state index in [2.05, 4.69) is 9.97 Å². The van der Waals surface area contributed by atoms with Crippen molar-refractivity contribution in [3.63, 3.8) is 0 Å². The number of sulfonamides is 1. The summed E-state index contributed by atoms with van der Waals surface area (Å²) in [5.74, 6) is -0.250. The number of carbonyl (C=O) groups excluding carboxylic acids is 1. The molecule has 3 N–H and O–H groups in total. The van der Waals surface area contributed by atoms with Crippen molar-refractivity contribution in [1.82, 2.24) is 14.3 Å². The molecule has 0 saturated heterocycles. The maximum Gasteiger partial charge on any atom is 0.308 e. The number of para-hydroxylation sites is 1. The predicted octanol–water partition coefficient (Wildman–Crippen LogP) is 5.37. The first kappa shape index (κ1) is 28.7. The van der Waals surface area contributed by atoms with E-state index in [1.807, 2.05) is 0 Å². The maximum absolute atomic E-state index is 14.6. The Kier molecular flexibility index (Phi) is 7.64. The van der Waals surface area contributed by atoms with Crippen LogP contribution in [0.5, 0.6) is 5.75 Å². The third kappa shape index (κ3) is 5.53. The molecule has 0 amide bonds. The molecule has 0 atom stereocenters. The van der Waals surface area contributed by atoms with E-state index < -0.39 is 16.0 Å². The highest BCUT2D eigenvalue weighted by molar-refractivity contribution is 7.89. The van der Waals surface area contributed by atoms with E-state index in [9.17, 15) is 13.2 Å². The Morgan fingerprint density at radius 1 is 0.886 bits per heavy atom. The van der Waals surface area contributed by atoms with Crippen molar-refractivity contribution < 1.29 is 22.4 Å². The molecule has 1 aliphatic carbocycles. The topological polar surface area (TPSA) is 152 Å². The maximum atomic E-state index is 14.6. The van der Waals surface area contributed by atoms with Crippen LogP contribution in [0, 0.1) is 5.41 Å². The minimum Gasteiger partial charge on any atom is -0.454 e. The van der Waals surface area contributed by atoms with Crippen LogP contribution in [0.2, 0.25) is 0 Å². The summed E-state index contributed by atoms with van der Waals surface area (Å²) in [4.78, 5) is 20.4. The highest BCUT2D eigenvalue weighted by atomic mass is 32.2. The van der Waals surface area contributed by atoms with Gasteiger partial charge in [-0.15, -0.1) is 0 Å². The second kappa shape index (κ2) is 11.7. The number of esters is 1. The van der Waals surface area contributed by atoms with Crippen molar-refractivity contribution in [2.75, 3.05) is 5.73 Å². The van der Waals surface area contributed by atoms with Gasteiger partial charge in [-0.3, -0.25) is 20.2 Å². The number of fused-ring (bicyclic) bond motifs is 2. The molecule has 10 nitrogen and oxygen atoms in total. The second-order valence-electron chi connectivity index (χ2n) is 10.1. The van der Waals surface area contributed by atoms with Crippen LogP contribution in [0.15, 0.2) is 113 Å². The summed E-state index contributed by atoms with van der Waals surface area (Å²) >= 11 is 0. The first-order valence-corrected chi connectivity index (χ1v) is 15.1. The Labute approximate surface area is 253 Å². The lowest BCUT2D eigenvalue weighted by Crippen LogP contribution is -2.34. The van der Waals surface area contributed by atoms with Crippen LogP contribution in [0.1, 0.15) is 18.3 Å². The molecular formula is C33H27N5O5S. The summed E-state index contributed by atoms with van der Waals surface area (Å²) in [6, 6.07) is 25.6. The molecule has 0 radical (unpaired) electrons. The van der Waals surface area contributed by atoms with E-state index >= 15 is 0 Å². The van der Waals surface area contributed by atoms with E-state index in [1.165, 1.54) is 17.3 Å². The molecule has 2 aromatic heterocycles. The number of nitrogens with one attached hydrogen (secondary N) is 1. The number of aromatic nitrogens is 2.